The van der Waals surface area contributed by atoms with Crippen molar-refractivity contribution in [2.75, 3.05) is 4.72 Å². The van der Waals surface area contributed by atoms with E-state index in [0.29, 0.717) is 11.3 Å². The number of nitrogens with one attached hydrogen (secondary N) is 1. The van der Waals surface area contributed by atoms with Crippen LogP contribution in [0, 0.1) is 6.92 Å². The number of sulfonamides is 1. The van der Waals surface area contributed by atoms with Gasteiger partial charge >= 0.3 is 0 Å². The average molecular weight is 323 g/mol. The van der Waals surface area contributed by atoms with Crippen LogP contribution in [0.2, 0.25) is 5.15 Å². The van der Waals surface area contributed by atoms with Gasteiger partial charge in [-0.3, -0.25) is 14.1 Å². The molecule has 0 bridgehead atoms. The Bertz CT molecular complexity index is 904. The number of rotatable bonds is 3. The number of fused-ring (bicyclic) bond motifs is 1. The van der Waals surface area contributed by atoms with E-state index in [4.69, 9.17) is 11.6 Å². The second-order valence-corrected chi connectivity index (χ2v) is 6.39. The van der Waals surface area contributed by atoms with Crippen LogP contribution in [0.15, 0.2) is 47.8 Å². The third-order valence-corrected chi connectivity index (χ3v) is 4.64. The average Bonchev–Trinajstić information content (AvgIpc) is 2.77. The standard InChI is InChI=1S/C13H11ClN4O2S/c1-9-5-6-10(8-15-9)17-21(19,20)13-12(14)16-11-4-2-3-7-18(11)13/h2-8,17H,1H3. The van der Waals surface area contributed by atoms with Crippen LogP contribution in [0.25, 0.3) is 5.65 Å². The molecular weight excluding hydrogens is 312 g/mol. The number of anilines is 1. The maximum atomic E-state index is 12.5. The van der Waals surface area contributed by atoms with Gasteiger partial charge in [0.2, 0.25) is 0 Å². The maximum Gasteiger partial charge on any atom is 0.281 e. The van der Waals surface area contributed by atoms with Crippen molar-refractivity contribution in [3.05, 3.63) is 53.6 Å². The van der Waals surface area contributed by atoms with E-state index in [0.717, 1.165) is 5.69 Å². The summed E-state index contributed by atoms with van der Waals surface area (Å²) in [6.45, 7) is 1.82. The molecular formula is C13H11ClN4O2S. The predicted molar refractivity (Wildman–Crippen MR) is 80.0 cm³/mol. The Labute approximate surface area is 126 Å². The zero-order valence-electron chi connectivity index (χ0n) is 11.0. The predicted octanol–water partition coefficient (Wildman–Crippen LogP) is 2.49. The number of hydrogen-bond acceptors (Lipinski definition) is 4. The Balaban J connectivity index is 2.08. The lowest BCUT2D eigenvalue weighted by atomic mass is 10.4. The Morgan fingerprint density at radius 1 is 1.24 bits per heavy atom. The van der Waals surface area contributed by atoms with E-state index in [9.17, 15) is 8.42 Å². The molecule has 8 heteroatoms. The Morgan fingerprint density at radius 2 is 2.05 bits per heavy atom. The number of aromatic nitrogens is 3. The molecule has 0 aliphatic carbocycles. The summed E-state index contributed by atoms with van der Waals surface area (Å²) in [6, 6.07) is 8.49. The Hall–Kier alpha value is -2.12. The highest BCUT2D eigenvalue weighted by molar-refractivity contribution is 7.92. The molecule has 6 nitrogen and oxygen atoms in total. The lowest BCUT2D eigenvalue weighted by Gasteiger charge is -2.08. The highest BCUT2D eigenvalue weighted by Gasteiger charge is 2.24. The molecule has 0 saturated carbocycles. The summed E-state index contributed by atoms with van der Waals surface area (Å²) in [5.74, 6) is 0. The molecule has 0 radical (unpaired) electrons. The van der Waals surface area contributed by atoms with Crippen molar-refractivity contribution in [2.45, 2.75) is 11.9 Å². The highest BCUT2D eigenvalue weighted by Crippen LogP contribution is 2.24. The van der Waals surface area contributed by atoms with Gasteiger partial charge in [0.15, 0.2) is 10.2 Å². The number of halogens is 1. The molecule has 0 aliphatic heterocycles. The van der Waals surface area contributed by atoms with Gasteiger partial charge in [-0.25, -0.2) is 4.98 Å². The van der Waals surface area contributed by atoms with Crippen LogP contribution >= 0.6 is 11.6 Å². The van der Waals surface area contributed by atoms with E-state index < -0.39 is 10.0 Å². The largest absolute Gasteiger partial charge is 0.288 e. The molecule has 21 heavy (non-hydrogen) atoms. The second kappa shape index (κ2) is 5.01. The molecule has 0 unspecified atom stereocenters. The third-order valence-electron chi connectivity index (χ3n) is 2.86. The van der Waals surface area contributed by atoms with Crippen LogP contribution in [0.1, 0.15) is 5.69 Å². The van der Waals surface area contributed by atoms with Crippen LogP contribution in [0.3, 0.4) is 0 Å². The van der Waals surface area contributed by atoms with E-state index in [1.54, 1.807) is 36.5 Å². The molecule has 3 rings (SSSR count). The van der Waals surface area contributed by atoms with Crippen molar-refractivity contribution in [3.63, 3.8) is 0 Å². The SMILES string of the molecule is Cc1ccc(NS(=O)(=O)c2c(Cl)nc3ccccn23)cn1. The van der Waals surface area contributed by atoms with Gasteiger partial charge in [0, 0.05) is 11.9 Å². The molecule has 0 aromatic carbocycles. The maximum absolute atomic E-state index is 12.5. The molecule has 0 atom stereocenters. The van der Waals surface area contributed by atoms with Gasteiger partial charge in [-0.05, 0) is 31.2 Å². The van der Waals surface area contributed by atoms with Gasteiger partial charge in [-0.2, -0.15) is 8.42 Å². The van der Waals surface area contributed by atoms with Gasteiger partial charge in [-0.15, -0.1) is 0 Å². The van der Waals surface area contributed by atoms with Crippen molar-refractivity contribution < 1.29 is 8.42 Å². The molecule has 0 spiro atoms. The fourth-order valence-electron chi connectivity index (χ4n) is 1.92. The topological polar surface area (TPSA) is 76.4 Å². The zero-order chi connectivity index (χ0) is 15.0. The molecule has 0 amide bonds. The first-order chi connectivity index (χ1) is 9.97. The normalized spacial score (nSPS) is 11.7. The summed E-state index contributed by atoms with van der Waals surface area (Å²) >= 11 is 5.98. The zero-order valence-corrected chi connectivity index (χ0v) is 12.6. The molecule has 0 saturated heterocycles. The first kappa shape index (κ1) is 13.8. The molecule has 0 fully saturated rings. The molecule has 3 aromatic rings. The van der Waals surface area contributed by atoms with Gasteiger partial charge in [0.05, 0.1) is 11.9 Å². The summed E-state index contributed by atoms with van der Waals surface area (Å²) < 4.78 is 28.9. The second-order valence-electron chi connectivity index (χ2n) is 4.43. The summed E-state index contributed by atoms with van der Waals surface area (Å²) in [6.07, 6.45) is 3.04. The Morgan fingerprint density at radius 3 is 2.76 bits per heavy atom. The van der Waals surface area contributed by atoms with Crippen LogP contribution < -0.4 is 4.72 Å². The van der Waals surface area contributed by atoms with E-state index in [1.807, 2.05) is 6.92 Å². The fraction of sp³-hybridized carbons (Fsp3) is 0.0769. The number of aryl methyl sites for hydroxylation is 1. The minimum Gasteiger partial charge on any atom is -0.288 e. The molecule has 3 aromatic heterocycles. The Kier molecular flexibility index (Phi) is 3.30. The third kappa shape index (κ3) is 2.57. The minimum atomic E-state index is -3.86. The summed E-state index contributed by atoms with van der Waals surface area (Å²) in [5, 5.41) is -0.172. The van der Waals surface area contributed by atoms with Crippen LogP contribution in [-0.4, -0.2) is 22.8 Å². The number of pyridine rings is 2. The van der Waals surface area contributed by atoms with Crippen molar-refractivity contribution in [1.29, 1.82) is 0 Å². The highest BCUT2D eigenvalue weighted by atomic mass is 35.5. The van der Waals surface area contributed by atoms with Gasteiger partial charge in [0.25, 0.3) is 10.0 Å². The monoisotopic (exact) mass is 322 g/mol. The molecule has 3 heterocycles. The van der Waals surface area contributed by atoms with Crippen LogP contribution in [-0.2, 0) is 10.0 Å². The van der Waals surface area contributed by atoms with Gasteiger partial charge in [-0.1, -0.05) is 17.7 Å². The first-order valence-electron chi connectivity index (χ1n) is 6.05. The number of hydrogen-bond donors (Lipinski definition) is 1. The smallest absolute Gasteiger partial charge is 0.281 e. The first-order valence-corrected chi connectivity index (χ1v) is 7.91. The van der Waals surface area contributed by atoms with Crippen LogP contribution in [0.4, 0.5) is 5.69 Å². The van der Waals surface area contributed by atoms with E-state index in [1.165, 1.54) is 10.6 Å². The summed E-state index contributed by atoms with van der Waals surface area (Å²) in [5.41, 5.74) is 1.62. The number of imidazole rings is 1. The minimum absolute atomic E-state index is 0.0752. The lowest BCUT2D eigenvalue weighted by Crippen LogP contribution is -2.15. The molecule has 108 valence electrons. The van der Waals surface area contributed by atoms with E-state index in [-0.39, 0.29) is 10.2 Å². The fourth-order valence-corrected chi connectivity index (χ4v) is 3.61. The van der Waals surface area contributed by atoms with Gasteiger partial charge < -0.3 is 0 Å². The van der Waals surface area contributed by atoms with Crippen molar-refractivity contribution >= 4 is 33.0 Å². The molecule has 0 aliphatic rings. The van der Waals surface area contributed by atoms with Crippen molar-refractivity contribution in [2.24, 2.45) is 0 Å². The van der Waals surface area contributed by atoms with Crippen molar-refractivity contribution in [1.82, 2.24) is 14.4 Å². The van der Waals surface area contributed by atoms with Crippen LogP contribution in [0.5, 0.6) is 0 Å². The van der Waals surface area contributed by atoms with E-state index >= 15 is 0 Å². The lowest BCUT2D eigenvalue weighted by molar-refractivity contribution is 0.596. The quantitative estimate of drug-likeness (QED) is 0.803. The number of nitrogens with zero attached hydrogens (tertiary/aromatic N) is 3. The summed E-state index contributed by atoms with van der Waals surface area (Å²) in [7, 11) is -3.86. The summed E-state index contributed by atoms with van der Waals surface area (Å²) in [4.78, 5) is 8.08. The van der Waals surface area contributed by atoms with E-state index in [2.05, 4.69) is 14.7 Å². The van der Waals surface area contributed by atoms with Gasteiger partial charge in [0.1, 0.15) is 5.65 Å². The molecule has 1 N–H and O–H groups in total. The van der Waals surface area contributed by atoms with Crippen molar-refractivity contribution in [3.8, 4) is 0 Å².